The minimum Gasteiger partial charge on any atom is -0.296 e. The summed E-state index contributed by atoms with van der Waals surface area (Å²) in [5.41, 5.74) is 1.54. The average Bonchev–Trinajstić information content (AvgIpc) is 3.26. The fraction of sp³-hybridized carbons (Fsp3) is 0.150. The molecule has 10 heteroatoms. The van der Waals surface area contributed by atoms with E-state index in [1.165, 1.54) is 30.1 Å². The maximum Gasteiger partial charge on any atom is 0.284 e. The normalized spacial score (nSPS) is 18.3. The first-order chi connectivity index (χ1) is 14.6. The van der Waals surface area contributed by atoms with Crippen LogP contribution in [0.5, 0.6) is 0 Å². The Morgan fingerprint density at radius 2 is 1.93 bits per heavy atom. The maximum atomic E-state index is 12.4. The number of aromatic nitrogens is 4. The Hall–Kier alpha value is -3.11. The second-order valence-electron chi connectivity index (χ2n) is 6.78. The zero-order valence-corrected chi connectivity index (χ0v) is 17.1. The highest BCUT2D eigenvalue weighted by Gasteiger charge is 2.34. The van der Waals surface area contributed by atoms with Gasteiger partial charge in [0.05, 0.1) is 17.2 Å². The summed E-state index contributed by atoms with van der Waals surface area (Å²) in [5.74, 6) is 0.743. The number of aromatic amines is 1. The molecule has 2 aromatic carbocycles. The quantitative estimate of drug-likeness (QED) is 0.293. The van der Waals surface area contributed by atoms with E-state index >= 15 is 0 Å². The third-order valence-electron chi connectivity index (χ3n) is 4.98. The van der Waals surface area contributed by atoms with E-state index in [1.54, 1.807) is 23.9 Å². The highest BCUT2D eigenvalue weighted by atomic mass is 32.2. The minimum absolute atomic E-state index is 0.0723. The molecule has 30 heavy (non-hydrogen) atoms. The number of fused-ring (bicyclic) bond motifs is 3. The molecule has 2 atom stereocenters. The van der Waals surface area contributed by atoms with E-state index in [0.29, 0.717) is 16.2 Å². The number of hydrogen-bond donors (Lipinski definition) is 1. The van der Waals surface area contributed by atoms with Crippen LogP contribution < -0.4 is 5.56 Å². The Morgan fingerprint density at radius 1 is 1.17 bits per heavy atom. The van der Waals surface area contributed by atoms with Crippen molar-refractivity contribution in [3.05, 3.63) is 86.8 Å². The largest absolute Gasteiger partial charge is 0.296 e. The molecular weight excluding hydrogens is 422 g/mol. The molecule has 0 amide bonds. The van der Waals surface area contributed by atoms with Gasteiger partial charge in [0.2, 0.25) is 0 Å². The lowest BCUT2D eigenvalue weighted by Gasteiger charge is -2.34. The SMILES string of the molecule is O=c1nc2n(c3[nH]ncc13)[C@@H](c1ccccc1)[C@@H](Sc1ccc([N+](=O)[O-])cc1)CS2. The Balaban J connectivity index is 1.61. The smallest absolute Gasteiger partial charge is 0.284 e. The first-order valence-electron chi connectivity index (χ1n) is 9.16. The Labute approximate surface area is 178 Å². The number of nitro groups is 1. The van der Waals surface area contributed by atoms with Crippen LogP contribution in [-0.4, -0.2) is 35.7 Å². The summed E-state index contributed by atoms with van der Waals surface area (Å²) in [6.07, 6.45) is 1.51. The summed E-state index contributed by atoms with van der Waals surface area (Å²) >= 11 is 3.19. The van der Waals surface area contributed by atoms with Gasteiger partial charge in [-0.2, -0.15) is 10.1 Å². The van der Waals surface area contributed by atoms with Gasteiger partial charge in [-0.05, 0) is 17.7 Å². The van der Waals surface area contributed by atoms with Crippen molar-refractivity contribution in [3.8, 4) is 0 Å². The highest BCUT2D eigenvalue weighted by molar-refractivity contribution is 8.03. The van der Waals surface area contributed by atoms with Gasteiger partial charge in [-0.3, -0.25) is 24.6 Å². The van der Waals surface area contributed by atoms with E-state index in [1.807, 2.05) is 18.2 Å². The van der Waals surface area contributed by atoms with Gasteiger partial charge in [-0.1, -0.05) is 42.1 Å². The summed E-state index contributed by atoms with van der Waals surface area (Å²) < 4.78 is 2.05. The number of benzene rings is 2. The van der Waals surface area contributed by atoms with Gasteiger partial charge >= 0.3 is 0 Å². The number of H-pyrrole nitrogens is 1. The summed E-state index contributed by atoms with van der Waals surface area (Å²) in [5, 5.41) is 19.2. The molecule has 0 unspecified atom stereocenters. The molecule has 3 heterocycles. The predicted octanol–water partition coefficient (Wildman–Crippen LogP) is 3.88. The van der Waals surface area contributed by atoms with Gasteiger partial charge in [0.1, 0.15) is 11.0 Å². The number of non-ortho nitro benzene ring substituents is 1. The van der Waals surface area contributed by atoms with Crippen LogP contribution >= 0.6 is 23.5 Å². The van der Waals surface area contributed by atoms with Gasteiger partial charge in [0.15, 0.2) is 5.16 Å². The number of hydrogen-bond acceptors (Lipinski definition) is 7. The fourth-order valence-electron chi connectivity index (χ4n) is 3.62. The first kappa shape index (κ1) is 18.9. The highest BCUT2D eigenvalue weighted by Crippen LogP contribution is 2.43. The molecule has 1 N–H and O–H groups in total. The van der Waals surface area contributed by atoms with E-state index in [0.717, 1.165) is 16.2 Å². The maximum absolute atomic E-state index is 12.4. The van der Waals surface area contributed by atoms with Crippen molar-refractivity contribution < 1.29 is 4.92 Å². The van der Waals surface area contributed by atoms with Crippen LogP contribution in [0, 0.1) is 10.1 Å². The minimum atomic E-state index is -0.398. The number of rotatable bonds is 4. The lowest BCUT2D eigenvalue weighted by Crippen LogP contribution is -2.33. The molecule has 0 saturated carbocycles. The lowest BCUT2D eigenvalue weighted by atomic mass is 10.0. The molecule has 2 aromatic heterocycles. The molecule has 8 nitrogen and oxygen atoms in total. The molecule has 0 aliphatic carbocycles. The molecule has 0 spiro atoms. The molecule has 0 bridgehead atoms. The van der Waals surface area contributed by atoms with Gasteiger partial charge in [0, 0.05) is 28.0 Å². The van der Waals surface area contributed by atoms with Crippen molar-refractivity contribution in [3.63, 3.8) is 0 Å². The van der Waals surface area contributed by atoms with Crippen LogP contribution in [0.1, 0.15) is 11.6 Å². The van der Waals surface area contributed by atoms with Crippen LogP contribution in [0.25, 0.3) is 11.0 Å². The second-order valence-corrected chi connectivity index (χ2v) is 9.08. The number of thioether (sulfide) groups is 2. The Morgan fingerprint density at radius 3 is 2.67 bits per heavy atom. The predicted molar refractivity (Wildman–Crippen MR) is 116 cm³/mol. The average molecular weight is 438 g/mol. The monoisotopic (exact) mass is 437 g/mol. The molecular formula is C20H15N5O3S2. The van der Waals surface area contributed by atoms with Crippen molar-refractivity contribution in [2.24, 2.45) is 0 Å². The standard InChI is InChI=1S/C20H15N5O3S2/c26-19-15-10-21-23-18(15)24-17(12-4-2-1-3-5-12)16(11-29-20(24)22-19)30-14-8-6-13(7-9-14)25(27)28/h1-10,16-17H,11H2,(H,21,23)/t16-,17-/m0/s1. The second kappa shape index (κ2) is 7.62. The number of nitrogens with zero attached hydrogens (tertiary/aromatic N) is 4. The third kappa shape index (κ3) is 3.27. The van der Waals surface area contributed by atoms with Gasteiger partial charge in [-0.15, -0.1) is 11.8 Å². The van der Waals surface area contributed by atoms with E-state index in [-0.39, 0.29) is 22.5 Å². The van der Waals surface area contributed by atoms with E-state index in [2.05, 4.69) is 31.9 Å². The molecule has 0 saturated heterocycles. The summed E-state index contributed by atoms with van der Waals surface area (Å²) in [6, 6.07) is 16.6. The molecule has 0 fully saturated rings. The lowest BCUT2D eigenvalue weighted by molar-refractivity contribution is -0.384. The fourth-order valence-corrected chi connectivity index (χ4v) is 6.14. The zero-order valence-electron chi connectivity index (χ0n) is 15.5. The van der Waals surface area contributed by atoms with Crippen molar-refractivity contribution in [2.75, 3.05) is 5.75 Å². The van der Waals surface area contributed by atoms with Gasteiger partial charge in [-0.25, -0.2) is 0 Å². The Bertz CT molecular complexity index is 1290. The van der Waals surface area contributed by atoms with Crippen LogP contribution in [0.3, 0.4) is 0 Å². The molecule has 0 radical (unpaired) electrons. The van der Waals surface area contributed by atoms with Crippen molar-refractivity contribution in [1.82, 2.24) is 19.7 Å². The van der Waals surface area contributed by atoms with Crippen LogP contribution in [0.15, 0.2) is 75.6 Å². The molecule has 4 aromatic rings. The zero-order chi connectivity index (χ0) is 20.7. The summed E-state index contributed by atoms with van der Waals surface area (Å²) in [6.45, 7) is 0. The molecule has 5 rings (SSSR count). The summed E-state index contributed by atoms with van der Waals surface area (Å²) in [7, 11) is 0. The van der Waals surface area contributed by atoms with Gasteiger partial charge in [0.25, 0.3) is 11.2 Å². The van der Waals surface area contributed by atoms with E-state index in [4.69, 9.17) is 0 Å². The van der Waals surface area contributed by atoms with Crippen LogP contribution in [0.2, 0.25) is 0 Å². The van der Waals surface area contributed by atoms with Crippen molar-refractivity contribution in [2.45, 2.75) is 21.3 Å². The van der Waals surface area contributed by atoms with Gasteiger partial charge < -0.3 is 0 Å². The van der Waals surface area contributed by atoms with Crippen LogP contribution in [-0.2, 0) is 0 Å². The van der Waals surface area contributed by atoms with Crippen LogP contribution in [0.4, 0.5) is 5.69 Å². The Kier molecular flexibility index (Phi) is 4.80. The van der Waals surface area contributed by atoms with E-state index in [9.17, 15) is 14.9 Å². The molecule has 150 valence electrons. The van der Waals surface area contributed by atoms with Crippen molar-refractivity contribution in [1.29, 1.82) is 0 Å². The topological polar surface area (TPSA) is 107 Å². The number of nitro benzene ring substituents is 1. The van der Waals surface area contributed by atoms with Crippen molar-refractivity contribution >= 4 is 40.2 Å². The molecule has 1 aliphatic rings. The third-order valence-corrected chi connectivity index (χ3v) is 7.53. The first-order valence-corrected chi connectivity index (χ1v) is 11.0. The summed E-state index contributed by atoms with van der Waals surface area (Å²) in [4.78, 5) is 28.1. The molecule has 1 aliphatic heterocycles. The number of nitrogens with one attached hydrogen (secondary N) is 1. The van der Waals surface area contributed by atoms with E-state index < -0.39 is 4.92 Å².